The molecule has 4 nitrogen and oxygen atoms in total. The molecule has 98 valence electrons. The zero-order valence-electron chi connectivity index (χ0n) is 9.65. The van der Waals surface area contributed by atoms with Crippen LogP contribution in [0, 0.1) is 17.1 Å². The number of halogens is 3. The first kappa shape index (κ1) is 13.0. The topological polar surface area (TPSA) is 53.6 Å². The number of nitrogens with zero attached hydrogens (tertiary/aromatic N) is 3. The molecule has 0 unspecified atom stereocenters. The van der Waals surface area contributed by atoms with Crippen LogP contribution in [0.1, 0.15) is 17.9 Å². The molecular formula is C12H9F3N4. The molecule has 1 N–H and O–H groups in total. The van der Waals surface area contributed by atoms with Gasteiger partial charge in [-0.1, -0.05) is 0 Å². The summed E-state index contributed by atoms with van der Waals surface area (Å²) in [4.78, 5) is 3.79. The number of rotatable bonds is 4. The second-order valence-electron chi connectivity index (χ2n) is 3.69. The van der Waals surface area contributed by atoms with Crippen molar-refractivity contribution in [1.29, 1.82) is 5.26 Å². The Bertz CT molecular complexity index is 616. The molecule has 0 saturated carbocycles. The Morgan fingerprint density at radius 1 is 1.42 bits per heavy atom. The Morgan fingerprint density at radius 2 is 2.21 bits per heavy atom. The molecule has 1 aromatic heterocycles. The van der Waals surface area contributed by atoms with Crippen LogP contribution >= 0.6 is 0 Å². The van der Waals surface area contributed by atoms with Crippen molar-refractivity contribution in [3.05, 3.63) is 47.8 Å². The van der Waals surface area contributed by atoms with Crippen molar-refractivity contribution in [2.24, 2.45) is 0 Å². The summed E-state index contributed by atoms with van der Waals surface area (Å²) in [6.07, 6.45) is 2.45. The molecular weight excluding hydrogens is 257 g/mol. The predicted molar refractivity (Wildman–Crippen MR) is 61.9 cm³/mol. The van der Waals surface area contributed by atoms with Crippen molar-refractivity contribution in [3.8, 4) is 6.07 Å². The molecule has 0 spiro atoms. The van der Waals surface area contributed by atoms with Crippen molar-refractivity contribution >= 4 is 5.69 Å². The average molecular weight is 266 g/mol. The van der Waals surface area contributed by atoms with Crippen LogP contribution in [-0.4, -0.2) is 9.55 Å². The largest absolute Gasteiger partial charge is 0.378 e. The number of anilines is 1. The molecule has 0 saturated heterocycles. The standard InChI is InChI=1S/C12H9F3N4/c13-10-2-1-9(5-8(10)6-16)18-7-11-17-3-4-19(11)12(14)15/h1-5,12,18H,7H2. The summed E-state index contributed by atoms with van der Waals surface area (Å²) in [5.41, 5.74) is 0.351. The Morgan fingerprint density at radius 3 is 2.89 bits per heavy atom. The molecule has 19 heavy (non-hydrogen) atoms. The van der Waals surface area contributed by atoms with Crippen molar-refractivity contribution in [2.75, 3.05) is 5.32 Å². The van der Waals surface area contributed by atoms with E-state index in [1.54, 1.807) is 6.07 Å². The second-order valence-corrected chi connectivity index (χ2v) is 3.69. The predicted octanol–water partition coefficient (Wildman–Crippen LogP) is 2.90. The quantitative estimate of drug-likeness (QED) is 0.925. The van der Waals surface area contributed by atoms with Crippen LogP contribution in [0.2, 0.25) is 0 Å². The molecule has 0 fully saturated rings. The van der Waals surface area contributed by atoms with E-state index < -0.39 is 12.4 Å². The van der Waals surface area contributed by atoms with Crippen LogP contribution in [0.3, 0.4) is 0 Å². The molecule has 0 bridgehead atoms. The lowest BCUT2D eigenvalue weighted by molar-refractivity contribution is 0.0673. The van der Waals surface area contributed by atoms with Crippen molar-refractivity contribution in [3.63, 3.8) is 0 Å². The van der Waals surface area contributed by atoms with Gasteiger partial charge in [-0.25, -0.2) is 9.37 Å². The van der Waals surface area contributed by atoms with Crippen molar-refractivity contribution in [2.45, 2.75) is 13.1 Å². The third-order valence-electron chi connectivity index (χ3n) is 2.50. The maximum atomic E-state index is 13.1. The first-order valence-corrected chi connectivity index (χ1v) is 5.35. The van der Waals surface area contributed by atoms with E-state index in [9.17, 15) is 13.2 Å². The SMILES string of the molecule is N#Cc1cc(NCc2nccn2C(F)F)ccc1F. The highest BCUT2D eigenvalue weighted by atomic mass is 19.3. The monoisotopic (exact) mass is 266 g/mol. The third kappa shape index (κ3) is 2.85. The number of imidazole rings is 1. The van der Waals surface area contributed by atoms with Gasteiger partial charge in [0.25, 0.3) is 0 Å². The molecule has 0 aliphatic heterocycles. The summed E-state index contributed by atoms with van der Waals surface area (Å²) in [7, 11) is 0. The van der Waals surface area contributed by atoms with Crippen LogP contribution in [-0.2, 0) is 6.54 Å². The lowest BCUT2D eigenvalue weighted by Gasteiger charge is -2.09. The number of alkyl halides is 2. The van der Waals surface area contributed by atoms with Gasteiger partial charge in [0, 0.05) is 18.1 Å². The van der Waals surface area contributed by atoms with Gasteiger partial charge >= 0.3 is 6.55 Å². The maximum absolute atomic E-state index is 13.1. The van der Waals surface area contributed by atoms with Gasteiger partial charge in [-0.15, -0.1) is 0 Å². The lowest BCUT2D eigenvalue weighted by Crippen LogP contribution is -2.09. The van der Waals surface area contributed by atoms with Gasteiger partial charge < -0.3 is 5.32 Å². The molecule has 0 radical (unpaired) electrons. The fraction of sp³-hybridized carbons (Fsp3) is 0.167. The molecule has 1 heterocycles. The summed E-state index contributed by atoms with van der Waals surface area (Å²) in [5, 5.41) is 11.5. The lowest BCUT2D eigenvalue weighted by atomic mass is 10.2. The van der Waals surface area contributed by atoms with E-state index in [1.807, 2.05) is 0 Å². The van der Waals surface area contributed by atoms with Gasteiger partial charge in [-0.05, 0) is 18.2 Å². The summed E-state index contributed by atoms with van der Waals surface area (Å²) >= 11 is 0. The molecule has 0 aliphatic carbocycles. The van der Waals surface area contributed by atoms with Crippen LogP contribution in [0.25, 0.3) is 0 Å². The Labute approximate surface area is 107 Å². The fourth-order valence-corrected chi connectivity index (χ4v) is 1.56. The number of aromatic nitrogens is 2. The molecule has 7 heteroatoms. The molecule has 2 rings (SSSR count). The molecule has 0 amide bonds. The molecule has 0 atom stereocenters. The highest BCUT2D eigenvalue weighted by molar-refractivity contribution is 5.49. The normalized spacial score (nSPS) is 10.5. The minimum Gasteiger partial charge on any atom is -0.378 e. The maximum Gasteiger partial charge on any atom is 0.319 e. The Balaban J connectivity index is 2.11. The number of hydrogen-bond acceptors (Lipinski definition) is 3. The van der Waals surface area contributed by atoms with Gasteiger partial charge in [0.05, 0.1) is 12.1 Å². The molecule has 1 aromatic carbocycles. The second kappa shape index (κ2) is 5.44. The summed E-state index contributed by atoms with van der Waals surface area (Å²) in [6.45, 7) is -2.62. The van der Waals surface area contributed by atoms with Gasteiger partial charge in [0.1, 0.15) is 17.7 Å². The van der Waals surface area contributed by atoms with Crippen LogP contribution in [0.5, 0.6) is 0 Å². The van der Waals surface area contributed by atoms with Gasteiger partial charge in [0.2, 0.25) is 0 Å². The summed E-state index contributed by atoms with van der Waals surface area (Å²) in [6, 6.07) is 5.57. The van der Waals surface area contributed by atoms with E-state index in [0.717, 1.165) is 10.6 Å². The van der Waals surface area contributed by atoms with E-state index in [1.165, 1.54) is 24.5 Å². The number of nitrogens with one attached hydrogen (secondary N) is 1. The smallest absolute Gasteiger partial charge is 0.319 e. The van der Waals surface area contributed by atoms with Crippen LogP contribution in [0.15, 0.2) is 30.6 Å². The van der Waals surface area contributed by atoms with Crippen LogP contribution in [0.4, 0.5) is 18.9 Å². The number of hydrogen-bond donors (Lipinski definition) is 1. The number of nitriles is 1. The molecule has 2 aromatic rings. The highest BCUT2D eigenvalue weighted by Gasteiger charge is 2.11. The van der Waals surface area contributed by atoms with Crippen molar-refractivity contribution in [1.82, 2.24) is 9.55 Å². The van der Waals surface area contributed by atoms with E-state index >= 15 is 0 Å². The Hall–Kier alpha value is -2.49. The first-order chi connectivity index (χ1) is 9.11. The summed E-state index contributed by atoms with van der Waals surface area (Å²) in [5.74, 6) is -0.472. The van der Waals surface area contributed by atoms with E-state index in [0.29, 0.717) is 5.69 Å². The third-order valence-corrected chi connectivity index (χ3v) is 2.50. The minimum absolute atomic E-state index is 0.0494. The van der Waals surface area contributed by atoms with E-state index in [4.69, 9.17) is 5.26 Å². The van der Waals surface area contributed by atoms with Gasteiger partial charge in [0.15, 0.2) is 0 Å². The van der Waals surface area contributed by atoms with Crippen LogP contribution < -0.4 is 5.32 Å². The van der Waals surface area contributed by atoms with E-state index in [-0.39, 0.29) is 17.9 Å². The zero-order valence-corrected chi connectivity index (χ0v) is 9.65. The highest BCUT2D eigenvalue weighted by Crippen LogP contribution is 2.16. The number of benzene rings is 1. The van der Waals surface area contributed by atoms with Gasteiger partial charge in [-0.3, -0.25) is 4.57 Å². The fourth-order valence-electron chi connectivity index (χ4n) is 1.56. The van der Waals surface area contributed by atoms with E-state index in [2.05, 4.69) is 10.3 Å². The average Bonchev–Trinajstić information content (AvgIpc) is 2.86. The van der Waals surface area contributed by atoms with Crippen molar-refractivity contribution < 1.29 is 13.2 Å². The summed E-state index contributed by atoms with van der Waals surface area (Å²) < 4.78 is 38.9. The molecule has 0 aliphatic rings. The zero-order chi connectivity index (χ0) is 13.8. The first-order valence-electron chi connectivity index (χ1n) is 5.35. The Kier molecular flexibility index (Phi) is 3.71. The van der Waals surface area contributed by atoms with Gasteiger partial charge in [-0.2, -0.15) is 14.0 Å². The minimum atomic E-state index is -2.66.